The zero-order chi connectivity index (χ0) is 18.7. The molecule has 1 atom stereocenters. The van der Waals surface area contributed by atoms with Crippen LogP contribution in [0.1, 0.15) is 49.8 Å². The number of hydrogen-bond donors (Lipinski definition) is 0. The van der Waals surface area contributed by atoms with Crippen molar-refractivity contribution in [2.45, 2.75) is 44.6 Å². The minimum Gasteiger partial charge on any atom is -0.445 e. The highest BCUT2D eigenvalue weighted by Crippen LogP contribution is 2.29. The Morgan fingerprint density at radius 1 is 1.42 bits per heavy atom. The van der Waals surface area contributed by atoms with Gasteiger partial charge in [0.05, 0.1) is 12.1 Å². The van der Waals surface area contributed by atoms with Crippen molar-refractivity contribution in [1.82, 2.24) is 9.88 Å². The number of nitrogens with zero attached hydrogens (tertiary/aromatic N) is 2. The predicted molar refractivity (Wildman–Crippen MR) is 100 cm³/mol. The van der Waals surface area contributed by atoms with Crippen LogP contribution in [0.15, 0.2) is 34.9 Å². The lowest BCUT2D eigenvalue weighted by Gasteiger charge is -2.36. The van der Waals surface area contributed by atoms with Gasteiger partial charge < -0.3 is 14.1 Å². The van der Waals surface area contributed by atoms with E-state index in [0.717, 1.165) is 35.7 Å². The molecular formula is C20H25ClN2O3. The van der Waals surface area contributed by atoms with Crippen LogP contribution < -0.4 is 0 Å². The van der Waals surface area contributed by atoms with E-state index in [9.17, 15) is 4.79 Å². The van der Waals surface area contributed by atoms with Crippen LogP contribution in [0.25, 0.3) is 0 Å². The normalized spacial score (nSPS) is 18.2. The first kappa shape index (κ1) is 18.9. The highest BCUT2D eigenvalue weighted by molar-refractivity contribution is 6.31. The third-order valence-electron chi connectivity index (χ3n) is 4.98. The second kappa shape index (κ2) is 7.80. The van der Waals surface area contributed by atoms with Crippen molar-refractivity contribution < 1.29 is 13.9 Å². The number of amides is 1. The van der Waals surface area contributed by atoms with Crippen LogP contribution in [0, 0.1) is 0 Å². The van der Waals surface area contributed by atoms with Gasteiger partial charge in [0.2, 0.25) is 0 Å². The summed E-state index contributed by atoms with van der Waals surface area (Å²) in [6.45, 7) is 4.95. The van der Waals surface area contributed by atoms with Crippen molar-refractivity contribution in [2.24, 2.45) is 0 Å². The summed E-state index contributed by atoms with van der Waals surface area (Å²) < 4.78 is 11.3. The number of methoxy groups -OCH3 is 1. The van der Waals surface area contributed by atoms with Crippen LogP contribution in [0.4, 0.5) is 0 Å². The largest absolute Gasteiger partial charge is 0.445 e. The minimum atomic E-state index is -0.812. The Morgan fingerprint density at radius 3 is 2.92 bits per heavy atom. The smallest absolute Gasteiger partial charge is 0.254 e. The van der Waals surface area contributed by atoms with Crippen molar-refractivity contribution >= 4 is 17.5 Å². The van der Waals surface area contributed by atoms with Gasteiger partial charge in [-0.3, -0.25) is 4.79 Å². The second-order valence-corrected chi connectivity index (χ2v) is 7.64. The van der Waals surface area contributed by atoms with E-state index in [1.807, 2.05) is 29.2 Å². The highest BCUT2D eigenvalue weighted by Gasteiger charge is 2.35. The zero-order valence-corrected chi connectivity index (χ0v) is 16.3. The zero-order valence-electron chi connectivity index (χ0n) is 15.5. The second-order valence-electron chi connectivity index (χ2n) is 7.24. The van der Waals surface area contributed by atoms with E-state index >= 15 is 0 Å². The molecule has 6 heteroatoms. The molecule has 140 valence electrons. The summed E-state index contributed by atoms with van der Waals surface area (Å²) in [5.74, 6) is 1.60. The monoisotopic (exact) mass is 376 g/mol. The molecule has 1 aromatic heterocycles. The molecule has 1 amide bonds. The molecule has 1 saturated heterocycles. The van der Waals surface area contributed by atoms with E-state index in [-0.39, 0.29) is 11.8 Å². The van der Waals surface area contributed by atoms with E-state index < -0.39 is 5.60 Å². The van der Waals surface area contributed by atoms with E-state index in [1.165, 1.54) is 0 Å². The third-order valence-corrected chi connectivity index (χ3v) is 5.35. The quantitative estimate of drug-likeness (QED) is 0.789. The Balaban J connectivity index is 1.69. The Morgan fingerprint density at radius 2 is 2.19 bits per heavy atom. The molecule has 1 aliphatic heterocycles. The minimum absolute atomic E-state index is 0.00699. The molecule has 0 unspecified atom stereocenters. The van der Waals surface area contributed by atoms with Crippen molar-refractivity contribution in [1.29, 1.82) is 0 Å². The lowest BCUT2D eigenvalue weighted by atomic mass is 9.96. The maximum absolute atomic E-state index is 12.6. The number of ether oxygens (including phenoxy) is 1. The fourth-order valence-corrected chi connectivity index (χ4v) is 3.46. The number of hydrogen-bond acceptors (Lipinski definition) is 4. The van der Waals surface area contributed by atoms with E-state index in [1.54, 1.807) is 27.2 Å². The molecule has 0 saturated carbocycles. The van der Waals surface area contributed by atoms with E-state index in [2.05, 4.69) is 4.98 Å². The van der Waals surface area contributed by atoms with Gasteiger partial charge in [-0.1, -0.05) is 29.8 Å². The number of rotatable bonds is 5. The van der Waals surface area contributed by atoms with Crippen LogP contribution in [-0.4, -0.2) is 41.6 Å². The fourth-order valence-electron chi connectivity index (χ4n) is 3.25. The molecule has 2 aromatic rings. The summed E-state index contributed by atoms with van der Waals surface area (Å²) in [7, 11) is 1.56. The van der Waals surface area contributed by atoms with Gasteiger partial charge in [-0.25, -0.2) is 4.98 Å². The summed E-state index contributed by atoms with van der Waals surface area (Å²) in [6, 6.07) is 7.72. The average molecular weight is 377 g/mol. The topological polar surface area (TPSA) is 55.6 Å². The SMILES string of the molecule is COC(C)(C)C(=O)N1CCC[C@H](c2ncc(Cc3ccccc3Cl)o2)C1. The lowest BCUT2D eigenvalue weighted by molar-refractivity contribution is -0.152. The standard InChI is InChI=1S/C20H25ClN2O3/c1-20(2,25-3)19(24)23-10-6-8-15(13-23)18-22-12-16(26-18)11-14-7-4-5-9-17(14)21/h4-5,7,9,12,15H,6,8,10-11,13H2,1-3H3/t15-/m0/s1. The number of likely N-dealkylation sites (tertiary alicyclic amines) is 1. The lowest BCUT2D eigenvalue weighted by Crippen LogP contribution is -2.49. The molecule has 3 rings (SSSR count). The number of carbonyl (C=O) groups is 1. The van der Waals surface area contributed by atoms with Crippen molar-refractivity contribution in [3.8, 4) is 0 Å². The first-order chi connectivity index (χ1) is 12.4. The van der Waals surface area contributed by atoms with Gasteiger partial charge in [0.1, 0.15) is 11.4 Å². The molecule has 0 spiro atoms. The van der Waals surface area contributed by atoms with Crippen molar-refractivity contribution in [2.75, 3.05) is 20.2 Å². The predicted octanol–water partition coefficient (Wildman–Crippen LogP) is 4.05. The molecule has 0 N–H and O–H groups in total. The number of benzene rings is 1. The Bertz CT molecular complexity index is 772. The molecule has 0 radical (unpaired) electrons. The molecule has 2 heterocycles. The molecule has 0 bridgehead atoms. The van der Waals surface area contributed by atoms with Crippen molar-refractivity contribution in [3.05, 3.63) is 52.7 Å². The number of carbonyl (C=O) groups excluding carboxylic acids is 1. The maximum Gasteiger partial charge on any atom is 0.254 e. The first-order valence-electron chi connectivity index (χ1n) is 8.93. The number of halogens is 1. The molecule has 1 aromatic carbocycles. The van der Waals surface area contributed by atoms with Gasteiger partial charge in [-0.15, -0.1) is 0 Å². The highest BCUT2D eigenvalue weighted by atomic mass is 35.5. The van der Waals surface area contributed by atoms with Gasteiger partial charge in [-0.05, 0) is 38.3 Å². The van der Waals surface area contributed by atoms with Crippen LogP contribution in [0.2, 0.25) is 5.02 Å². The summed E-state index contributed by atoms with van der Waals surface area (Å²) >= 11 is 6.22. The Labute approximate surface area is 159 Å². The first-order valence-corrected chi connectivity index (χ1v) is 9.31. The Kier molecular flexibility index (Phi) is 5.68. The molecule has 0 aliphatic carbocycles. The van der Waals surface area contributed by atoms with Crippen molar-refractivity contribution in [3.63, 3.8) is 0 Å². The summed E-state index contributed by atoms with van der Waals surface area (Å²) in [5, 5.41) is 0.724. The average Bonchev–Trinajstić information content (AvgIpc) is 3.12. The number of piperidine rings is 1. The maximum atomic E-state index is 12.6. The third kappa shape index (κ3) is 4.10. The molecular weight excluding hydrogens is 352 g/mol. The van der Waals surface area contributed by atoms with Gasteiger partial charge in [0.25, 0.3) is 5.91 Å². The van der Waals surface area contributed by atoms with Crippen LogP contribution in [0.5, 0.6) is 0 Å². The number of oxazole rings is 1. The number of aromatic nitrogens is 1. The molecule has 26 heavy (non-hydrogen) atoms. The summed E-state index contributed by atoms with van der Waals surface area (Å²) in [5.41, 5.74) is 0.201. The van der Waals surface area contributed by atoms with Crippen LogP contribution >= 0.6 is 11.6 Å². The van der Waals surface area contributed by atoms with E-state index in [0.29, 0.717) is 18.9 Å². The van der Waals surface area contributed by atoms with Gasteiger partial charge >= 0.3 is 0 Å². The van der Waals surface area contributed by atoms with Gasteiger partial charge in [0, 0.05) is 31.6 Å². The Hall–Kier alpha value is -1.85. The van der Waals surface area contributed by atoms with Crippen LogP contribution in [0.3, 0.4) is 0 Å². The summed E-state index contributed by atoms with van der Waals surface area (Å²) in [4.78, 5) is 19.0. The van der Waals surface area contributed by atoms with Gasteiger partial charge in [-0.2, -0.15) is 0 Å². The van der Waals surface area contributed by atoms with Crippen LogP contribution in [-0.2, 0) is 16.0 Å². The molecule has 1 fully saturated rings. The fraction of sp³-hybridized carbons (Fsp3) is 0.500. The van der Waals surface area contributed by atoms with Gasteiger partial charge in [0.15, 0.2) is 5.89 Å². The molecule has 1 aliphatic rings. The van der Waals surface area contributed by atoms with E-state index in [4.69, 9.17) is 20.8 Å². The molecule has 5 nitrogen and oxygen atoms in total. The summed E-state index contributed by atoms with van der Waals surface area (Å²) in [6.07, 6.45) is 4.26.